The fraction of sp³-hybridized carbons (Fsp3) is 0.526. The fourth-order valence-corrected chi connectivity index (χ4v) is 4.20. The Morgan fingerprint density at radius 3 is 2.68 bits per heavy atom. The summed E-state index contributed by atoms with van der Waals surface area (Å²) in [6, 6.07) is 10.1. The van der Waals surface area contributed by atoms with Gasteiger partial charge in [0.2, 0.25) is 0 Å². The van der Waals surface area contributed by atoms with E-state index < -0.39 is 0 Å². The Labute approximate surface area is 133 Å². The minimum Gasteiger partial charge on any atom is -0.466 e. The summed E-state index contributed by atoms with van der Waals surface area (Å²) in [6.45, 7) is 2.12. The molecule has 2 aliphatic heterocycles. The second kappa shape index (κ2) is 6.25. The lowest BCUT2D eigenvalue weighted by molar-refractivity contribution is -0.134. The number of fused-ring (bicyclic) bond motifs is 2. The van der Waals surface area contributed by atoms with Crippen molar-refractivity contribution in [1.29, 1.82) is 0 Å². The molecule has 0 radical (unpaired) electrons. The Morgan fingerprint density at radius 1 is 1.27 bits per heavy atom. The van der Waals surface area contributed by atoms with E-state index >= 15 is 0 Å². The van der Waals surface area contributed by atoms with E-state index in [2.05, 4.69) is 49.2 Å². The molecule has 0 spiro atoms. The molecular weight excluding hydrogens is 274 g/mol. The third-order valence-electron chi connectivity index (χ3n) is 5.49. The molecule has 3 rings (SSSR count). The molecule has 2 saturated heterocycles. The first-order valence-corrected chi connectivity index (χ1v) is 8.15. The molecule has 0 N–H and O–H groups in total. The largest absolute Gasteiger partial charge is 0.466 e. The monoisotopic (exact) mass is 299 g/mol. The fourth-order valence-electron chi connectivity index (χ4n) is 4.20. The normalized spacial score (nSPS) is 31.6. The highest BCUT2D eigenvalue weighted by Gasteiger charge is 2.44. The number of rotatable bonds is 3. The molecule has 4 atom stereocenters. The highest BCUT2D eigenvalue weighted by molar-refractivity contribution is 5.81. The molecule has 1 aromatic rings. The van der Waals surface area contributed by atoms with Gasteiger partial charge in [-0.3, -0.25) is 4.90 Å². The molecule has 0 aliphatic carbocycles. The summed E-state index contributed by atoms with van der Waals surface area (Å²) in [6.07, 6.45) is 7.36. The first kappa shape index (κ1) is 15.3. The maximum Gasteiger partial charge on any atom is 0.330 e. The molecule has 3 nitrogen and oxygen atoms in total. The number of carbonyl (C=O) groups excluding carboxylic acids is 1. The lowest BCUT2D eigenvalue weighted by atomic mass is 9.76. The second-order valence-corrected chi connectivity index (χ2v) is 6.68. The lowest BCUT2D eigenvalue weighted by Crippen LogP contribution is -2.45. The summed E-state index contributed by atoms with van der Waals surface area (Å²) in [7, 11) is 3.66. The first-order valence-electron chi connectivity index (χ1n) is 8.15. The molecule has 0 amide bonds. The van der Waals surface area contributed by atoms with E-state index in [1.807, 2.05) is 0 Å². The van der Waals surface area contributed by atoms with Crippen molar-refractivity contribution >= 4 is 5.97 Å². The van der Waals surface area contributed by atoms with E-state index in [1.165, 1.54) is 37.5 Å². The van der Waals surface area contributed by atoms with E-state index in [0.29, 0.717) is 23.9 Å². The van der Waals surface area contributed by atoms with Gasteiger partial charge in [0.05, 0.1) is 7.11 Å². The SMILES string of the molecule is COC(=O)/C=C/[C@H]1[C@@H](c2ccc(C)cc2)C[C@@H]2CC[C@H]1N2C. The van der Waals surface area contributed by atoms with Crippen LogP contribution in [0.15, 0.2) is 36.4 Å². The van der Waals surface area contributed by atoms with E-state index in [1.54, 1.807) is 6.08 Å². The van der Waals surface area contributed by atoms with Gasteiger partial charge in [-0.15, -0.1) is 0 Å². The quantitative estimate of drug-likeness (QED) is 0.633. The summed E-state index contributed by atoms with van der Waals surface area (Å²) < 4.78 is 4.76. The number of esters is 1. The average molecular weight is 299 g/mol. The van der Waals surface area contributed by atoms with Crippen molar-refractivity contribution in [3.05, 3.63) is 47.5 Å². The summed E-state index contributed by atoms with van der Waals surface area (Å²) in [5, 5.41) is 0. The summed E-state index contributed by atoms with van der Waals surface area (Å²) in [5.41, 5.74) is 2.69. The molecule has 2 fully saturated rings. The molecule has 2 bridgehead atoms. The average Bonchev–Trinajstić information content (AvgIpc) is 2.77. The van der Waals surface area contributed by atoms with Gasteiger partial charge in [0.25, 0.3) is 0 Å². The topological polar surface area (TPSA) is 29.5 Å². The number of hydrogen-bond donors (Lipinski definition) is 0. The maximum absolute atomic E-state index is 11.5. The number of ether oxygens (including phenoxy) is 1. The van der Waals surface area contributed by atoms with Crippen LogP contribution in [0.2, 0.25) is 0 Å². The molecule has 3 heteroatoms. The second-order valence-electron chi connectivity index (χ2n) is 6.68. The number of nitrogens with zero attached hydrogens (tertiary/aromatic N) is 1. The maximum atomic E-state index is 11.5. The van der Waals surface area contributed by atoms with Gasteiger partial charge in [-0.2, -0.15) is 0 Å². The zero-order valence-corrected chi connectivity index (χ0v) is 13.7. The lowest BCUT2D eigenvalue weighted by Gasteiger charge is -2.42. The molecular formula is C19H25NO2. The van der Waals surface area contributed by atoms with Crippen molar-refractivity contribution in [2.75, 3.05) is 14.2 Å². The summed E-state index contributed by atoms with van der Waals surface area (Å²) in [5.74, 6) is 0.617. The third kappa shape index (κ3) is 2.82. The van der Waals surface area contributed by atoms with Crippen molar-refractivity contribution in [1.82, 2.24) is 4.90 Å². The summed E-state index contributed by atoms with van der Waals surface area (Å²) >= 11 is 0. The standard InChI is InChI=1S/C19H25NO2/c1-13-4-6-14(7-5-13)17-12-15-8-10-18(20(15)2)16(17)9-11-19(21)22-3/h4-7,9,11,15-18H,8,10,12H2,1-3H3/b11-9+/t15-,16-,17+,18+/m0/s1. The number of benzene rings is 1. The highest BCUT2D eigenvalue weighted by atomic mass is 16.5. The Balaban J connectivity index is 1.90. The Kier molecular flexibility index (Phi) is 4.34. The zero-order valence-electron chi connectivity index (χ0n) is 13.7. The summed E-state index contributed by atoms with van der Waals surface area (Å²) in [4.78, 5) is 14.0. The van der Waals surface area contributed by atoms with E-state index in [0.717, 1.165) is 0 Å². The van der Waals surface area contributed by atoms with Gasteiger partial charge in [-0.1, -0.05) is 35.9 Å². The van der Waals surface area contributed by atoms with Crippen LogP contribution in [-0.2, 0) is 9.53 Å². The molecule has 0 aromatic heterocycles. The van der Waals surface area contributed by atoms with Crippen molar-refractivity contribution in [2.45, 2.75) is 44.2 Å². The van der Waals surface area contributed by atoms with Crippen molar-refractivity contribution < 1.29 is 9.53 Å². The van der Waals surface area contributed by atoms with Crippen LogP contribution in [0.3, 0.4) is 0 Å². The molecule has 2 heterocycles. The minimum absolute atomic E-state index is 0.259. The number of piperidine rings is 1. The Bertz CT molecular complexity index is 563. The number of carbonyl (C=O) groups is 1. The van der Waals surface area contributed by atoms with Gasteiger partial charge in [-0.25, -0.2) is 4.79 Å². The molecule has 22 heavy (non-hydrogen) atoms. The predicted molar refractivity (Wildman–Crippen MR) is 87.8 cm³/mol. The molecule has 118 valence electrons. The van der Waals surface area contributed by atoms with Crippen LogP contribution in [0.1, 0.15) is 36.3 Å². The van der Waals surface area contributed by atoms with Crippen LogP contribution in [0.5, 0.6) is 0 Å². The van der Waals surface area contributed by atoms with Crippen molar-refractivity contribution in [3.63, 3.8) is 0 Å². The third-order valence-corrected chi connectivity index (χ3v) is 5.49. The number of hydrogen-bond acceptors (Lipinski definition) is 3. The highest BCUT2D eigenvalue weighted by Crippen LogP contribution is 2.46. The van der Waals surface area contributed by atoms with Crippen molar-refractivity contribution in [3.8, 4) is 0 Å². The predicted octanol–water partition coefficient (Wildman–Crippen LogP) is 3.29. The Hall–Kier alpha value is -1.61. The number of aryl methyl sites for hydroxylation is 1. The van der Waals surface area contributed by atoms with Crippen LogP contribution in [0.4, 0.5) is 0 Å². The molecule has 2 aliphatic rings. The minimum atomic E-state index is -0.259. The van der Waals surface area contributed by atoms with E-state index in [-0.39, 0.29) is 5.97 Å². The number of methoxy groups -OCH3 is 1. The van der Waals surface area contributed by atoms with Crippen LogP contribution in [0.25, 0.3) is 0 Å². The van der Waals surface area contributed by atoms with Gasteiger partial charge in [0.1, 0.15) is 0 Å². The van der Waals surface area contributed by atoms with Crippen LogP contribution in [-0.4, -0.2) is 37.1 Å². The Morgan fingerprint density at radius 2 is 2.00 bits per heavy atom. The zero-order chi connectivity index (χ0) is 15.7. The van der Waals surface area contributed by atoms with Crippen LogP contribution in [0, 0.1) is 12.8 Å². The van der Waals surface area contributed by atoms with Gasteiger partial charge in [0, 0.05) is 18.2 Å². The van der Waals surface area contributed by atoms with Crippen LogP contribution < -0.4 is 0 Å². The van der Waals surface area contributed by atoms with Gasteiger partial charge in [0.15, 0.2) is 0 Å². The van der Waals surface area contributed by atoms with Gasteiger partial charge < -0.3 is 4.74 Å². The smallest absolute Gasteiger partial charge is 0.330 e. The molecule has 0 saturated carbocycles. The molecule has 0 unspecified atom stereocenters. The van der Waals surface area contributed by atoms with E-state index in [4.69, 9.17) is 4.74 Å². The van der Waals surface area contributed by atoms with E-state index in [9.17, 15) is 4.79 Å². The first-order chi connectivity index (χ1) is 10.6. The van der Waals surface area contributed by atoms with Gasteiger partial charge >= 0.3 is 5.97 Å². The van der Waals surface area contributed by atoms with Crippen molar-refractivity contribution in [2.24, 2.45) is 5.92 Å². The van der Waals surface area contributed by atoms with Gasteiger partial charge in [-0.05, 0) is 50.6 Å². The van der Waals surface area contributed by atoms with Crippen LogP contribution >= 0.6 is 0 Å². The molecule has 1 aromatic carbocycles.